The van der Waals surface area contributed by atoms with E-state index >= 15 is 0 Å². The molecule has 0 radical (unpaired) electrons. The quantitative estimate of drug-likeness (QED) is 0.656. The summed E-state index contributed by atoms with van der Waals surface area (Å²) in [6.07, 6.45) is 0.849. The van der Waals surface area contributed by atoms with Gasteiger partial charge in [-0.3, -0.25) is 0 Å². The van der Waals surface area contributed by atoms with Crippen molar-refractivity contribution in [2.75, 3.05) is 6.61 Å². The fourth-order valence-corrected chi connectivity index (χ4v) is 1.93. The van der Waals surface area contributed by atoms with Gasteiger partial charge in [0.15, 0.2) is 0 Å². The standard InChI is InChI=1S/C13H12OS2/c15-13(16)14-9-8-11-6-3-5-10-4-1-2-7-12(10)11/h1-7H,8-9H2,(H,15,16). The van der Waals surface area contributed by atoms with E-state index in [0.29, 0.717) is 11.0 Å². The highest BCUT2D eigenvalue weighted by Gasteiger charge is 2.00. The van der Waals surface area contributed by atoms with Crippen molar-refractivity contribution < 1.29 is 4.74 Å². The molecule has 0 aliphatic rings. The third kappa shape index (κ3) is 2.74. The molecule has 0 fully saturated rings. The Hall–Kier alpha value is -1.06. The number of hydrogen-bond donors (Lipinski definition) is 1. The number of thiocarbonyl (C=S) groups is 1. The van der Waals surface area contributed by atoms with Crippen LogP contribution in [-0.2, 0) is 11.2 Å². The van der Waals surface area contributed by atoms with Crippen LogP contribution in [0.3, 0.4) is 0 Å². The van der Waals surface area contributed by atoms with Gasteiger partial charge < -0.3 is 4.74 Å². The molecule has 0 heterocycles. The highest BCUT2D eigenvalue weighted by molar-refractivity contribution is 8.10. The van der Waals surface area contributed by atoms with Crippen LogP contribution < -0.4 is 0 Å². The van der Waals surface area contributed by atoms with Crippen molar-refractivity contribution in [3.63, 3.8) is 0 Å². The van der Waals surface area contributed by atoms with Crippen molar-refractivity contribution in [3.05, 3.63) is 48.0 Å². The molecule has 0 N–H and O–H groups in total. The molecular formula is C13H12OS2. The second kappa shape index (κ2) is 5.32. The Balaban J connectivity index is 2.20. The average Bonchev–Trinajstić information content (AvgIpc) is 2.29. The van der Waals surface area contributed by atoms with Gasteiger partial charge in [0.05, 0.1) is 6.61 Å². The number of benzene rings is 2. The van der Waals surface area contributed by atoms with E-state index in [4.69, 9.17) is 17.0 Å². The maximum Gasteiger partial charge on any atom is 0.216 e. The summed E-state index contributed by atoms with van der Waals surface area (Å²) in [5.74, 6) is 0. The zero-order chi connectivity index (χ0) is 11.4. The molecule has 0 unspecified atom stereocenters. The monoisotopic (exact) mass is 248 g/mol. The van der Waals surface area contributed by atoms with E-state index < -0.39 is 0 Å². The summed E-state index contributed by atoms with van der Waals surface area (Å²) >= 11 is 8.68. The second-order valence-corrected chi connectivity index (χ2v) is 4.58. The first-order valence-electron chi connectivity index (χ1n) is 5.10. The Labute approximate surface area is 106 Å². The van der Waals surface area contributed by atoms with Crippen molar-refractivity contribution in [2.24, 2.45) is 0 Å². The summed E-state index contributed by atoms with van der Waals surface area (Å²) in [7, 11) is 0. The van der Waals surface area contributed by atoms with Crippen LogP contribution in [0.25, 0.3) is 10.8 Å². The van der Waals surface area contributed by atoms with E-state index in [0.717, 1.165) is 6.42 Å². The molecule has 0 aliphatic heterocycles. The molecule has 0 saturated heterocycles. The van der Waals surface area contributed by atoms with E-state index in [1.165, 1.54) is 16.3 Å². The van der Waals surface area contributed by atoms with Crippen LogP contribution in [0.1, 0.15) is 5.56 Å². The lowest BCUT2D eigenvalue weighted by Gasteiger charge is -2.06. The largest absolute Gasteiger partial charge is 0.478 e. The molecule has 0 amide bonds. The van der Waals surface area contributed by atoms with E-state index in [1.807, 2.05) is 6.07 Å². The van der Waals surface area contributed by atoms with Gasteiger partial charge in [0.2, 0.25) is 4.38 Å². The zero-order valence-electron chi connectivity index (χ0n) is 8.72. The van der Waals surface area contributed by atoms with Gasteiger partial charge in [-0.25, -0.2) is 0 Å². The maximum atomic E-state index is 5.19. The van der Waals surface area contributed by atoms with Crippen molar-refractivity contribution >= 4 is 40.0 Å². The third-order valence-corrected chi connectivity index (χ3v) is 2.72. The van der Waals surface area contributed by atoms with E-state index in [1.54, 1.807) is 0 Å². The van der Waals surface area contributed by atoms with Crippen LogP contribution in [0.15, 0.2) is 42.5 Å². The van der Waals surface area contributed by atoms with E-state index in [-0.39, 0.29) is 0 Å². The summed E-state index contributed by atoms with van der Waals surface area (Å²) in [6.45, 7) is 0.580. The predicted molar refractivity (Wildman–Crippen MR) is 75.2 cm³/mol. The molecule has 0 aliphatic carbocycles. The van der Waals surface area contributed by atoms with E-state index in [2.05, 4.69) is 49.0 Å². The summed E-state index contributed by atoms with van der Waals surface area (Å²) in [6, 6.07) is 14.6. The van der Waals surface area contributed by atoms with Gasteiger partial charge >= 0.3 is 0 Å². The molecule has 0 atom stereocenters. The summed E-state index contributed by atoms with van der Waals surface area (Å²) < 4.78 is 5.50. The highest BCUT2D eigenvalue weighted by Crippen LogP contribution is 2.18. The summed E-state index contributed by atoms with van der Waals surface area (Å²) in [5, 5.41) is 2.53. The molecule has 0 bridgehead atoms. The lowest BCUT2D eigenvalue weighted by molar-refractivity contribution is 0.327. The topological polar surface area (TPSA) is 9.23 Å². The van der Waals surface area contributed by atoms with Gasteiger partial charge in [0.1, 0.15) is 0 Å². The molecule has 0 saturated carbocycles. The zero-order valence-corrected chi connectivity index (χ0v) is 10.4. The lowest BCUT2D eigenvalue weighted by Crippen LogP contribution is -2.00. The molecule has 1 nitrogen and oxygen atoms in total. The number of rotatable bonds is 3. The van der Waals surface area contributed by atoms with Gasteiger partial charge in [-0.1, -0.05) is 55.1 Å². The first-order chi connectivity index (χ1) is 7.77. The van der Waals surface area contributed by atoms with Gasteiger partial charge in [0, 0.05) is 6.42 Å². The number of hydrogen-bond acceptors (Lipinski definition) is 2. The minimum atomic E-state index is 0.306. The van der Waals surface area contributed by atoms with Crippen LogP contribution in [0.4, 0.5) is 0 Å². The first-order valence-corrected chi connectivity index (χ1v) is 5.95. The molecule has 3 heteroatoms. The minimum Gasteiger partial charge on any atom is -0.478 e. The molecule has 16 heavy (non-hydrogen) atoms. The van der Waals surface area contributed by atoms with Gasteiger partial charge in [-0.05, 0) is 28.6 Å². The van der Waals surface area contributed by atoms with Crippen LogP contribution in [-0.4, -0.2) is 11.0 Å². The van der Waals surface area contributed by atoms with Crippen molar-refractivity contribution in [1.82, 2.24) is 0 Å². The first kappa shape index (κ1) is 11.4. The van der Waals surface area contributed by atoms with E-state index in [9.17, 15) is 0 Å². The van der Waals surface area contributed by atoms with Crippen LogP contribution in [0.5, 0.6) is 0 Å². The summed E-state index contributed by atoms with van der Waals surface area (Å²) in [4.78, 5) is 0. The second-order valence-electron chi connectivity index (χ2n) is 3.50. The molecule has 82 valence electrons. The number of ether oxygens (including phenoxy) is 1. The van der Waals surface area contributed by atoms with Crippen LogP contribution in [0, 0.1) is 0 Å². The minimum absolute atomic E-state index is 0.306. The Morgan fingerprint density at radius 1 is 1.12 bits per heavy atom. The number of thiol groups is 1. The SMILES string of the molecule is S=C(S)OCCc1cccc2ccccc12. The molecule has 2 aromatic carbocycles. The molecular weight excluding hydrogens is 236 g/mol. The molecule has 0 spiro atoms. The Kier molecular flexibility index (Phi) is 3.80. The smallest absolute Gasteiger partial charge is 0.216 e. The van der Waals surface area contributed by atoms with Gasteiger partial charge in [-0.15, -0.1) is 0 Å². The van der Waals surface area contributed by atoms with Crippen LogP contribution in [0.2, 0.25) is 0 Å². The number of fused-ring (bicyclic) bond motifs is 1. The predicted octanol–water partition coefficient (Wildman–Crippen LogP) is 3.61. The lowest BCUT2D eigenvalue weighted by atomic mass is 10.0. The Morgan fingerprint density at radius 3 is 2.69 bits per heavy atom. The van der Waals surface area contributed by atoms with Crippen LogP contribution >= 0.6 is 24.8 Å². The van der Waals surface area contributed by atoms with Gasteiger partial charge in [-0.2, -0.15) is 0 Å². The molecule has 2 rings (SSSR count). The van der Waals surface area contributed by atoms with Crippen molar-refractivity contribution in [2.45, 2.75) is 6.42 Å². The van der Waals surface area contributed by atoms with Crippen molar-refractivity contribution in [1.29, 1.82) is 0 Å². The Morgan fingerprint density at radius 2 is 1.88 bits per heavy atom. The fourth-order valence-electron chi connectivity index (χ4n) is 1.76. The maximum absolute atomic E-state index is 5.19. The average molecular weight is 248 g/mol. The Bertz CT molecular complexity index is 503. The molecule has 2 aromatic rings. The van der Waals surface area contributed by atoms with Crippen molar-refractivity contribution in [3.8, 4) is 0 Å². The highest BCUT2D eigenvalue weighted by atomic mass is 32.1. The summed E-state index contributed by atoms with van der Waals surface area (Å²) in [5.41, 5.74) is 1.28. The third-order valence-electron chi connectivity index (χ3n) is 2.48. The van der Waals surface area contributed by atoms with Gasteiger partial charge in [0.25, 0.3) is 0 Å². The normalized spacial score (nSPS) is 10.3. The molecule has 0 aromatic heterocycles. The fraction of sp³-hybridized carbons (Fsp3) is 0.154.